The van der Waals surface area contributed by atoms with Crippen LogP contribution in [0.25, 0.3) is 0 Å². The van der Waals surface area contributed by atoms with Crippen LogP contribution in [0.15, 0.2) is 18.2 Å². The van der Waals surface area contributed by atoms with Gasteiger partial charge in [-0.2, -0.15) is 0 Å². The molecule has 3 rings (SSSR count). The number of carbonyl (C=O) groups is 2. The number of nitrogens with zero attached hydrogens (tertiary/aromatic N) is 2. The molecule has 2 heterocycles. The molecule has 136 valence electrons. The van der Waals surface area contributed by atoms with Crippen LogP contribution in [0.2, 0.25) is 0 Å². The lowest BCUT2D eigenvalue weighted by Crippen LogP contribution is -2.39. The van der Waals surface area contributed by atoms with Gasteiger partial charge in [0.2, 0.25) is 0 Å². The van der Waals surface area contributed by atoms with Gasteiger partial charge in [0.05, 0.1) is 14.2 Å². The summed E-state index contributed by atoms with van der Waals surface area (Å²) in [5.74, 6) is 1.54. The van der Waals surface area contributed by atoms with Crippen molar-refractivity contribution < 1.29 is 19.1 Å². The van der Waals surface area contributed by atoms with Crippen molar-refractivity contribution in [2.45, 2.75) is 38.6 Å². The molecule has 6 nitrogen and oxygen atoms in total. The number of hydrogen-bond acceptors (Lipinski definition) is 4. The topological polar surface area (TPSA) is 59.1 Å². The first-order chi connectivity index (χ1) is 12.0. The molecule has 0 radical (unpaired) electrons. The first-order valence-corrected chi connectivity index (χ1v) is 8.88. The first kappa shape index (κ1) is 17.6. The smallest absolute Gasteiger partial charge is 0.327 e. The van der Waals surface area contributed by atoms with Gasteiger partial charge in [0, 0.05) is 13.1 Å². The van der Waals surface area contributed by atoms with Crippen LogP contribution in [0.4, 0.5) is 4.79 Å². The lowest BCUT2D eigenvalue weighted by Gasteiger charge is -2.26. The Morgan fingerprint density at radius 3 is 2.60 bits per heavy atom. The third-order valence-electron chi connectivity index (χ3n) is 5.06. The summed E-state index contributed by atoms with van der Waals surface area (Å²) >= 11 is 0. The highest BCUT2D eigenvalue weighted by Gasteiger charge is 2.45. The minimum Gasteiger partial charge on any atom is -0.493 e. The highest BCUT2D eigenvalue weighted by molar-refractivity contribution is 6.04. The van der Waals surface area contributed by atoms with Crippen LogP contribution in [-0.2, 0) is 11.2 Å². The Morgan fingerprint density at radius 1 is 1.16 bits per heavy atom. The van der Waals surface area contributed by atoms with E-state index in [2.05, 4.69) is 6.92 Å². The molecular formula is C19H26N2O4. The van der Waals surface area contributed by atoms with E-state index < -0.39 is 0 Å². The van der Waals surface area contributed by atoms with E-state index in [1.807, 2.05) is 18.2 Å². The zero-order chi connectivity index (χ0) is 18.0. The van der Waals surface area contributed by atoms with Gasteiger partial charge in [-0.15, -0.1) is 0 Å². The fourth-order valence-electron chi connectivity index (χ4n) is 3.80. The molecule has 2 aliphatic heterocycles. The van der Waals surface area contributed by atoms with Gasteiger partial charge in [0.15, 0.2) is 11.5 Å². The third kappa shape index (κ3) is 3.43. The second kappa shape index (κ2) is 7.33. The van der Waals surface area contributed by atoms with Crippen LogP contribution in [0, 0.1) is 5.92 Å². The zero-order valence-corrected chi connectivity index (χ0v) is 15.2. The molecule has 2 fully saturated rings. The van der Waals surface area contributed by atoms with Crippen LogP contribution in [0.1, 0.15) is 31.7 Å². The highest BCUT2D eigenvalue weighted by atomic mass is 16.5. The quantitative estimate of drug-likeness (QED) is 0.743. The normalized spacial score (nSPS) is 21.3. The zero-order valence-electron chi connectivity index (χ0n) is 15.2. The number of carbonyl (C=O) groups excluding carboxylic acids is 2. The van der Waals surface area contributed by atoms with Gasteiger partial charge < -0.3 is 14.4 Å². The summed E-state index contributed by atoms with van der Waals surface area (Å²) in [6.07, 6.45) is 3.58. The number of fused-ring (bicyclic) bond motifs is 1. The summed E-state index contributed by atoms with van der Waals surface area (Å²) in [5.41, 5.74) is 1.10. The number of rotatable bonds is 6. The average molecular weight is 346 g/mol. The summed E-state index contributed by atoms with van der Waals surface area (Å²) < 4.78 is 10.6. The number of ether oxygens (including phenoxy) is 2. The Hall–Kier alpha value is -2.24. The molecule has 1 aromatic carbocycles. The van der Waals surface area contributed by atoms with Gasteiger partial charge in [0.1, 0.15) is 6.04 Å². The van der Waals surface area contributed by atoms with E-state index in [0.717, 1.165) is 31.2 Å². The lowest BCUT2D eigenvalue weighted by atomic mass is 10.00. The molecule has 2 atom stereocenters. The molecule has 1 aromatic rings. The fourth-order valence-corrected chi connectivity index (χ4v) is 3.80. The van der Waals surface area contributed by atoms with Crippen molar-refractivity contribution >= 4 is 11.9 Å². The molecule has 0 aromatic heterocycles. The van der Waals surface area contributed by atoms with Gasteiger partial charge >= 0.3 is 6.03 Å². The highest BCUT2D eigenvalue weighted by Crippen LogP contribution is 2.30. The van der Waals surface area contributed by atoms with Gasteiger partial charge in [-0.05, 0) is 49.3 Å². The van der Waals surface area contributed by atoms with Crippen molar-refractivity contribution in [2.24, 2.45) is 5.92 Å². The predicted octanol–water partition coefficient (Wildman–Crippen LogP) is 2.70. The van der Waals surface area contributed by atoms with Gasteiger partial charge in [-0.1, -0.05) is 13.0 Å². The predicted molar refractivity (Wildman–Crippen MR) is 93.9 cm³/mol. The summed E-state index contributed by atoms with van der Waals surface area (Å²) in [5, 5.41) is 0. The Bertz CT molecular complexity index is 637. The van der Waals surface area contributed by atoms with Crippen molar-refractivity contribution in [3.05, 3.63) is 23.8 Å². The summed E-state index contributed by atoms with van der Waals surface area (Å²) in [6.45, 7) is 3.23. The number of hydrogen-bond donors (Lipinski definition) is 0. The van der Waals surface area contributed by atoms with E-state index in [1.54, 1.807) is 19.1 Å². The Balaban J connectivity index is 1.65. The maximum Gasteiger partial charge on any atom is 0.327 e. The fraction of sp³-hybridized carbons (Fsp3) is 0.579. The molecule has 0 spiro atoms. The second-order valence-electron chi connectivity index (χ2n) is 6.94. The number of imide groups is 1. The average Bonchev–Trinajstić information content (AvgIpc) is 2.87. The van der Waals surface area contributed by atoms with E-state index in [4.69, 9.17) is 9.47 Å². The largest absolute Gasteiger partial charge is 0.493 e. The molecule has 0 N–H and O–H groups in total. The SMILES string of the molecule is COc1ccc(C[C@H](C)CN2C(=O)[C@H]3CCCCN3C2=O)cc1OC. The van der Waals surface area contributed by atoms with Crippen LogP contribution in [0.5, 0.6) is 11.5 Å². The van der Waals surface area contributed by atoms with Crippen molar-refractivity contribution in [3.8, 4) is 11.5 Å². The molecule has 2 aliphatic rings. The number of piperidine rings is 1. The first-order valence-electron chi connectivity index (χ1n) is 8.88. The monoisotopic (exact) mass is 346 g/mol. The molecule has 25 heavy (non-hydrogen) atoms. The van der Waals surface area contributed by atoms with E-state index in [0.29, 0.717) is 24.6 Å². The van der Waals surface area contributed by atoms with E-state index in [1.165, 1.54) is 4.90 Å². The number of amides is 3. The van der Waals surface area contributed by atoms with Gasteiger partial charge in [0.25, 0.3) is 5.91 Å². The number of benzene rings is 1. The number of urea groups is 1. The molecular weight excluding hydrogens is 320 g/mol. The summed E-state index contributed by atoms with van der Waals surface area (Å²) in [7, 11) is 3.22. The summed E-state index contributed by atoms with van der Waals surface area (Å²) in [4.78, 5) is 28.3. The van der Waals surface area contributed by atoms with Crippen molar-refractivity contribution in [1.29, 1.82) is 0 Å². The molecule has 0 bridgehead atoms. The summed E-state index contributed by atoms with van der Waals surface area (Å²) in [6, 6.07) is 5.48. The van der Waals surface area contributed by atoms with Gasteiger partial charge in [-0.25, -0.2) is 4.79 Å². The molecule has 3 amide bonds. The minimum atomic E-state index is -0.227. The molecule has 0 unspecified atom stereocenters. The Labute approximate surface area is 148 Å². The Morgan fingerprint density at radius 2 is 1.92 bits per heavy atom. The van der Waals surface area contributed by atoms with Crippen LogP contribution in [-0.4, -0.2) is 55.1 Å². The molecule has 6 heteroatoms. The second-order valence-corrected chi connectivity index (χ2v) is 6.94. The number of methoxy groups -OCH3 is 2. The van der Waals surface area contributed by atoms with Crippen molar-refractivity contribution in [3.63, 3.8) is 0 Å². The van der Waals surface area contributed by atoms with Gasteiger partial charge in [-0.3, -0.25) is 9.69 Å². The van der Waals surface area contributed by atoms with Crippen LogP contribution in [0.3, 0.4) is 0 Å². The standard InChI is InChI=1S/C19H26N2O4/c1-13(10-14-7-8-16(24-2)17(11-14)25-3)12-21-18(22)15-6-4-5-9-20(15)19(21)23/h7-8,11,13,15H,4-6,9-10,12H2,1-3H3/t13-,15+/m0/s1. The minimum absolute atomic E-state index is 0.0242. The molecule has 0 saturated carbocycles. The maximum absolute atomic E-state index is 12.5. The molecule has 2 saturated heterocycles. The molecule has 0 aliphatic carbocycles. The Kier molecular flexibility index (Phi) is 5.16. The van der Waals surface area contributed by atoms with Crippen LogP contribution < -0.4 is 9.47 Å². The van der Waals surface area contributed by atoms with E-state index in [9.17, 15) is 9.59 Å². The van der Waals surface area contributed by atoms with Crippen LogP contribution >= 0.6 is 0 Å². The van der Waals surface area contributed by atoms with Crippen molar-refractivity contribution in [1.82, 2.24) is 9.80 Å². The van der Waals surface area contributed by atoms with Crippen molar-refractivity contribution in [2.75, 3.05) is 27.3 Å². The maximum atomic E-state index is 12.5. The lowest BCUT2D eigenvalue weighted by molar-refractivity contribution is -0.129. The third-order valence-corrected chi connectivity index (χ3v) is 5.06. The van der Waals surface area contributed by atoms with E-state index in [-0.39, 0.29) is 23.9 Å². The van der Waals surface area contributed by atoms with E-state index >= 15 is 0 Å².